The average molecular weight is 411 g/mol. The Morgan fingerprint density at radius 1 is 0.962 bits per heavy atom. The van der Waals surface area contributed by atoms with Gasteiger partial charge in [-0.15, -0.1) is 0 Å². The second-order valence-corrected chi connectivity index (χ2v) is 7.96. The Hall–Kier alpha value is -1.75. The molecule has 26 heavy (non-hydrogen) atoms. The number of hydrogen-bond donors (Lipinski definition) is 1. The molecule has 4 rings (SSSR count). The quantitative estimate of drug-likeness (QED) is 0.686. The van der Waals surface area contributed by atoms with Crippen LogP contribution in [-0.2, 0) is 12.0 Å². The Morgan fingerprint density at radius 3 is 2.35 bits per heavy atom. The van der Waals surface area contributed by atoms with Crippen molar-refractivity contribution >= 4 is 26.7 Å². The van der Waals surface area contributed by atoms with E-state index in [0.29, 0.717) is 0 Å². The molecular formula is C22H23BrN2O. The van der Waals surface area contributed by atoms with Crippen LogP contribution in [0, 0.1) is 0 Å². The maximum absolute atomic E-state index is 11.3. The van der Waals surface area contributed by atoms with Crippen LogP contribution in [0.15, 0.2) is 65.3 Å². The minimum atomic E-state index is -0.844. The van der Waals surface area contributed by atoms with Gasteiger partial charge in [-0.3, -0.25) is 4.98 Å². The van der Waals surface area contributed by atoms with Crippen molar-refractivity contribution in [2.75, 3.05) is 19.6 Å². The van der Waals surface area contributed by atoms with E-state index in [0.717, 1.165) is 59.8 Å². The third-order valence-electron chi connectivity index (χ3n) is 5.43. The van der Waals surface area contributed by atoms with Crippen LogP contribution >= 0.6 is 15.9 Å². The first kappa shape index (κ1) is 17.7. The van der Waals surface area contributed by atoms with Crippen LogP contribution in [-0.4, -0.2) is 34.6 Å². The number of likely N-dealkylation sites (tertiary alicyclic amines) is 1. The summed E-state index contributed by atoms with van der Waals surface area (Å²) in [5.74, 6) is 0. The van der Waals surface area contributed by atoms with E-state index in [1.807, 2.05) is 18.3 Å². The van der Waals surface area contributed by atoms with Gasteiger partial charge in [0.05, 0.1) is 5.69 Å². The van der Waals surface area contributed by atoms with Crippen LogP contribution < -0.4 is 0 Å². The molecule has 1 aliphatic rings. The fourth-order valence-electron chi connectivity index (χ4n) is 3.84. The number of pyridine rings is 1. The molecule has 0 amide bonds. The summed E-state index contributed by atoms with van der Waals surface area (Å²) < 4.78 is 0.973. The molecule has 1 saturated heterocycles. The fourth-order valence-corrected chi connectivity index (χ4v) is 4.29. The molecule has 3 aromatic rings. The predicted molar refractivity (Wildman–Crippen MR) is 109 cm³/mol. The number of fused-ring (bicyclic) bond motifs is 1. The predicted octanol–water partition coefficient (Wildman–Crippen LogP) is 4.52. The highest BCUT2D eigenvalue weighted by atomic mass is 79.9. The van der Waals surface area contributed by atoms with Gasteiger partial charge in [0, 0.05) is 35.7 Å². The largest absolute Gasteiger partial charge is 0.383 e. The van der Waals surface area contributed by atoms with Gasteiger partial charge in [0.1, 0.15) is 5.60 Å². The molecule has 1 fully saturated rings. The number of nitrogens with zero attached hydrogens (tertiary/aromatic N) is 2. The van der Waals surface area contributed by atoms with E-state index < -0.39 is 5.60 Å². The SMILES string of the molecule is OC1(c2ncc(Br)c3ccccc23)CCN(CCc2ccccc2)CC1. The van der Waals surface area contributed by atoms with Crippen LogP contribution in [0.2, 0.25) is 0 Å². The van der Waals surface area contributed by atoms with Crippen LogP contribution in [0.1, 0.15) is 24.1 Å². The van der Waals surface area contributed by atoms with Crippen LogP contribution in [0.25, 0.3) is 10.8 Å². The van der Waals surface area contributed by atoms with Crippen LogP contribution in [0.5, 0.6) is 0 Å². The monoisotopic (exact) mass is 410 g/mol. The number of hydrogen-bond acceptors (Lipinski definition) is 3. The Kier molecular flexibility index (Phi) is 5.07. The summed E-state index contributed by atoms with van der Waals surface area (Å²) in [6.07, 6.45) is 4.32. The molecule has 1 N–H and O–H groups in total. The first-order valence-corrected chi connectivity index (χ1v) is 9.97. The molecule has 1 aliphatic heterocycles. The van der Waals surface area contributed by atoms with Crippen molar-refractivity contribution in [3.8, 4) is 0 Å². The molecule has 0 atom stereocenters. The lowest BCUT2D eigenvalue weighted by Gasteiger charge is -2.38. The maximum atomic E-state index is 11.3. The Bertz CT molecular complexity index is 889. The van der Waals surface area contributed by atoms with Gasteiger partial charge in [-0.05, 0) is 46.1 Å². The highest BCUT2D eigenvalue weighted by Gasteiger charge is 2.36. The molecule has 134 valence electrons. The summed E-state index contributed by atoms with van der Waals surface area (Å²) in [6, 6.07) is 18.8. The number of halogens is 1. The second kappa shape index (κ2) is 7.47. The molecule has 0 unspecified atom stereocenters. The molecule has 4 heteroatoms. The van der Waals surface area contributed by atoms with Gasteiger partial charge in [0.2, 0.25) is 0 Å². The summed E-state index contributed by atoms with van der Waals surface area (Å²) in [4.78, 5) is 7.05. The summed E-state index contributed by atoms with van der Waals surface area (Å²) >= 11 is 3.57. The molecule has 0 saturated carbocycles. The maximum Gasteiger partial charge on any atom is 0.110 e. The Morgan fingerprint density at radius 2 is 1.62 bits per heavy atom. The van der Waals surface area contributed by atoms with Crippen molar-refractivity contribution in [2.24, 2.45) is 0 Å². The third-order valence-corrected chi connectivity index (χ3v) is 6.06. The average Bonchev–Trinajstić information content (AvgIpc) is 2.69. The Balaban J connectivity index is 1.47. The zero-order valence-electron chi connectivity index (χ0n) is 14.7. The van der Waals surface area contributed by atoms with Crippen LogP contribution in [0.3, 0.4) is 0 Å². The number of aromatic nitrogens is 1. The fraction of sp³-hybridized carbons (Fsp3) is 0.318. The van der Waals surface area contributed by atoms with Crippen LogP contribution in [0.4, 0.5) is 0 Å². The van der Waals surface area contributed by atoms with Gasteiger partial charge < -0.3 is 10.0 Å². The molecule has 0 spiro atoms. The lowest BCUT2D eigenvalue weighted by Crippen LogP contribution is -2.43. The Labute approximate surface area is 162 Å². The van der Waals surface area contributed by atoms with Gasteiger partial charge in [0.25, 0.3) is 0 Å². The zero-order valence-corrected chi connectivity index (χ0v) is 16.3. The van der Waals surface area contributed by atoms with E-state index in [1.165, 1.54) is 5.56 Å². The molecule has 1 aromatic heterocycles. The van der Waals surface area contributed by atoms with Crippen molar-refractivity contribution in [3.63, 3.8) is 0 Å². The molecular weight excluding hydrogens is 388 g/mol. The van der Waals surface area contributed by atoms with Gasteiger partial charge in [-0.25, -0.2) is 0 Å². The highest BCUT2D eigenvalue weighted by molar-refractivity contribution is 9.10. The van der Waals surface area contributed by atoms with Crippen molar-refractivity contribution < 1.29 is 5.11 Å². The van der Waals surface area contributed by atoms with Gasteiger partial charge >= 0.3 is 0 Å². The lowest BCUT2D eigenvalue weighted by atomic mass is 9.85. The third kappa shape index (κ3) is 3.54. The molecule has 0 aliphatic carbocycles. The van der Waals surface area contributed by atoms with E-state index in [1.54, 1.807) is 0 Å². The highest BCUT2D eigenvalue weighted by Crippen LogP contribution is 2.37. The summed E-state index contributed by atoms with van der Waals surface area (Å²) in [5, 5.41) is 13.5. The number of rotatable bonds is 4. The molecule has 2 aromatic carbocycles. The van der Waals surface area contributed by atoms with Crippen molar-refractivity contribution in [1.82, 2.24) is 9.88 Å². The van der Waals surface area contributed by atoms with Gasteiger partial charge in [-0.1, -0.05) is 54.6 Å². The standard InChI is InChI=1S/C22H23BrN2O/c23-20-16-24-21(19-9-5-4-8-18(19)20)22(26)11-14-25(15-12-22)13-10-17-6-2-1-3-7-17/h1-9,16,26H,10-15H2. The lowest BCUT2D eigenvalue weighted by molar-refractivity contribution is -0.0277. The van der Waals surface area contributed by atoms with E-state index in [4.69, 9.17) is 0 Å². The van der Waals surface area contributed by atoms with E-state index in [2.05, 4.69) is 68.3 Å². The minimum Gasteiger partial charge on any atom is -0.383 e. The van der Waals surface area contributed by atoms with Crippen molar-refractivity contribution in [3.05, 3.63) is 76.5 Å². The summed E-state index contributed by atoms with van der Waals surface area (Å²) in [6.45, 7) is 2.83. The smallest absolute Gasteiger partial charge is 0.110 e. The summed E-state index contributed by atoms with van der Waals surface area (Å²) in [5.41, 5.74) is 1.34. The molecule has 0 bridgehead atoms. The van der Waals surface area contributed by atoms with Gasteiger partial charge in [-0.2, -0.15) is 0 Å². The van der Waals surface area contributed by atoms with Crippen molar-refractivity contribution in [2.45, 2.75) is 24.9 Å². The molecule has 2 heterocycles. The normalized spacial score (nSPS) is 17.5. The number of aliphatic hydroxyl groups is 1. The van der Waals surface area contributed by atoms with E-state index in [-0.39, 0.29) is 0 Å². The van der Waals surface area contributed by atoms with Crippen molar-refractivity contribution in [1.29, 1.82) is 0 Å². The summed E-state index contributed by atoms with van der Waals surface area (Å²) in [7, 11) is 0. The van der Waals surface area contributed by atoms with E-state index >= 15 is 0 Å². The molecule has 0 radical (unpaired) electrons. The first-order chi connectivity index (χ1) is 12.7. The zero-order chi connectivity index (χ0) is 18.0. The van der Waals surface area contributed by atoms with E-state index in [9.17, 15) is 5.11 Å². The number of piperidine rings is 1. The van der Waals surface area contributed by atoms with Gasteiger partial charge in [0.15, 0.2) is 0 Å². The molecule has 3 nitrogen and oxygen atoms in total. The minimum absolute atomic E-state index is 0.723. The topological polar surface area (TPSA) is 36.4 Å². The second-order valence-electron chi connectivity index (χ2n) is 7.11. The first-order valence-electron chi connectivity index (χ1n) is 9.18. The number of benzene rings is 2.